The zero-order valence-electron chi connectivity index (χ0n) is 23.7. The van der Waals surface area contributed by atoms with Crippen LogP contribution in [0.1, 0.15) is 45.6 Å². The number of ether oxygens (including phenoxy) is 1. The van der Waals surface area contributed by atoms with Gasteiger partial charge in [0.25, 0.3) is 0 Å². The van der Waals surface area contributed by atoms with E-state index in [0.717, 1.165) is 54.4 Å². The molecule has 3 rings (SSSR count). The number of amidine groups is 1. The Morgan fingerprint density at radius 2 is 1.84 bits per heavy atom. The van der Waals surface area contributed by atoms with Gasteiger partial charge in [-0.15, -0.1) is 0 Å². The number of aryl methyl sites for hydroxylation is 1. The number of rotatable bonds is 10. The molecule has 1 heterocycles. The third-order valence-corrected chi connectivity index (χ3v) is 6.40. The highest BCUT2D eigenvalue weighted by molar-refractivity contribution is 6.20. The number of carbonyl (C=O) groups excluding carboxylic acids is 1. The lowest BCUT2D eigenvalue weighted by Gasteiger charge is -2.32. The van der Waals surface area contributed by atoms with Crippen molar-refractivity contribution in [3.8, 4) is 5.75 Å². The Hall–Kier alpha value is -3.64. The summed E-state index contributed by atoms with van der Waals surface area (Å²) in [5.41, 5.74) is 9.15. The number of piperidine rings is 1. The number of aliphatic imine (C=N–C) groups is 1. The van der Waals surface area contributed by atoms with Crippen molar-refractivity contribution in [2.24, 2.45) is 16.6 Å². The molecule has 38 heavy (non-hydrogen) atoms. The van der Waals surface area contributed by atoms with Crippen molar-refractivity contribution in [2.45, 2.75) is 47.0 Å². The zero-order valence-corrected chi connectivity index (χ0v) is 23.7. The van der Waals surface area contributed by atoms with E-state index in [2.05, 4.69) is 62.3 Å². The summed E-state index contributed by atoms with van der Waals surface area (Å²) in [7, 11) is 1.50. The molecule has 0 radical (unpaired) electrons. The second kappa shape index (κ2) is 16.3. The van der Waals surface area contributed by atoms with Crippen molar-refractivity contribution >= 4 is 29.3 Å². The minimum atomic E-state index is 0.543. The number of amides is 1. The van der Waals surface area contributed by atoms with Crippen LogP contribution in [0.15, 0.2) is 83.9 Å². The maximum absolute atomic E-state index is 12.4. The fourth-order valence-electron chi connectivity index (χ4n) is 4.28. The van der Waals surface area contributed by atoms with Crippen molar-refractivity contribution < 1.29 is 9.53 Å². The fourth-order valence-corrected chi connectivity index (χ4v) is 4.28. The number of nitrogens with two attached hydrogens (primary N) is 1. The van der Waals surface area contributed by atoms with E-state index in [1.54, 1.807) is 11.0 Å². The molecule has 1 saturated heterocycles. The van der Waals surface area contributed by atoms with E-state index >= 15 is 0 Å². The molecule has 1 aliphatic heterocycles. The van der Waals surface area contributed by atoms with E-state index in [-0.39, 0.29) is 0 Å². The predicted octanol–water partition coefficient (Wildman–Crippen LogP) is 6.98. The summed E-state index contributed by atoms with van der Waals surface area (Å²) in [4.78, 5) is 21.5. The summed E-state index contributed by atoms with van der Waals surface area (Å²) < 4.78 is 5.58. The number of carbonyl (C=O) groups is 1. The largest absolute Gasteiger partial charge is 0.494 e. The Kier molecular flexibility index (Phi) is 13.1. The van der Waals surface area contributed by atoms with E-state index in [1.165, 1.54) is 25.6 Å². The molecule has 6 nitrogen and oxygen atoms in total. The fraction of sp³-hybridized carbons (Fsp3) is 0.375. The molecule has 0 spiro atoms. The molecule has 0 aliphatic carbocycles. The Morgan fingerprint density at radius 1 is 1.16 bits per heavy atom. The number of hydrogen-bond donors (Lipinski definition) is 1. The van der Waals surface area contributed by atoms with Crippen molar-refractivity contribution in [1.82, 2.24) is 0 Å². The van der Waals surface area contributed by atoms with Crippen LogP contribution in [0.25, 0.3) is 0 Å². The van der Waals surface area contributed by atoms with Gasteiger partial charge in [-0.2, -0.15) is 0 Å². The summed E-state index contributed by atoms with van der Waals surface area (Å²) in [5.74, 6) is 2.09. The molecule has 2 aromatic carbocycles. The monoisotopic (exact) mass is 516 g/mol. The van der Waals surface area contributed by atoms with Crippen molar-refractivity contribution in [3.05, 3.63) is 84.5 Å². The van der Waals surface area contributed by atoms with Gasteiger partial charge in [-0.25, -0.2) is 4.99 Å². The molecule has 0 bridgehead atoms. The van der Waals surface area contributed by atoms with Gasteiger partial charge >= 0.3 is 0 Å². The third-order valence-electron chi connectivity index (χ3n) is 6.40. The highest BCUT2D eigenvalue weighted by atomic mass is 16.5. The van der Waals surface area contributed by atoms with E-state index in [9.17, 15) is 4.79 Å². The number of hydrogen-bond acceptors (Lipinski definition) is 5. The van der Waals surface area contributed by atoms with Crippen LogP contribution >= 0.6 is 0 Å². The zero-order chi connectivity index (χ0) is 27.9. The number of nitrogens with zero attached hydrogens (tertiary/aromatic N) is 3. The molecule has 0 unspecified atom stereocenters. The van der Waals surface area contributed by atoms with Gasteiger partial charge < -0.3 is 15.4 Å². The highest BCUT2D eigenvalue weighted by Crippen LogP contribution is 2.30. The standard InChI is InChI=1S/C31H39N3O2.CH5N/c1-6-9-11-26(10-7-2)31(34(23-35)27-12-15-29(16-13-27)36-8-3)32-30-17-14-28(22-25(30)5)33-20-18-24(4)19-21-33;1-2/h7,9-17,22-24H,2,6,8,18-21H2,1,3-5H3;2H2,1H3/b11-9-,26-10+,32-31?;. The second-order valence-corrected chi connectivity index (χ2v) is 9.15. The SMILES string of the molecule is C=C/C=C(\C=C/CC)C(=Nc1ccc(N2CCC(C)CC2)cc1C)N(C=O)c1ccc(OCC)cc1.CN. The van der Waals surface area contributed by atoms with Crippen LogP contribution in [0.5, 0.6) is 5.75 Å². The van der Waals surface area contributed by atoms with Gasteiger partial charge in [-0.1, -0.05) is 44.7 Å². The van der Waals surface area contributed by atoms with Crippen LogP contribution < -0.4 is 20.3 Å². The highest BCUT2D eigenvalue weighted by Gasteiger charge is 2.19. The van der Waals surface area contributed by atoms with Crippen LogP contribution in [0.2, 0.25) is 0 Å². The van der Waals surface area contributed by atoms with E-state index in [1.807, 2.05) is 43.3 Å². The minimum absolute atomic E-state index is 0.543. The van der Waals surface area contributed by atoms with Gasteiger partial charge in [0.15, 0.2) is 0 Å². The number of allylic oxidation sites excluding steroid dienone is 3. The first-order valence-electron chi connectivity index (χ1n) is 13.5. The molecule has 0 saturated carbocycles. The van der Waals surface area contributed by atoms with E-state index in [4.69, 9.17) is 9.73 Å². The normalized spacial score (nSPS) is 14.6. The molecule has 2 aromatic rings. The van der Waals surface area contributed by atoms with Crippen LogP contribution in [0, 0.1) is 12.8 Å². The molecule has 2 N–H and O–H groups in total. The average molecular weight is 517 g/mol. The quantitative estimate of drug-likeness (QED) is 0.160. The van der Waals surface area contributed by atoms with Gasteiger partial charge in [0, 0.05) is 24.4 Å². The van der Waals surface area contributed by atoms with Crippen molar-refractivity contribution in [3.63, 3.8) is 0 Å². The number of benzene rings is 2. The average Bonchev–Trinajstić information content (AvgIpc) is 2.94. The second-order valence-electron chi connectivity index (χ2n) is 9.15. The summed E-state index contributed by atoms with van der Waals surface area (Å²) in [6.45, 7) is 15.1. The Morgan fingerprint density at radius 3 is 2.39 bits per heavy atom. The predicted molar refractivity (Wildman–Crippen MR) is 163 cm³/mol. The lowest BCUT2D eigenvalue weighted by atomic mass is 9.98. The van der Waals surface area contributed by atoms with Gasteiger partial charge in [-0.3, -0.25) is 9.69 Å². The smallest absolute Gasteiger partial charge is 0.219 e. The van der Waals surface area contributed by atoms with Crippen molar-refractivity contribution in [2.75, 3.05) is 36.5 Å². The molecule has 0 aromatic heterocycles. The van der Waals surface area contributed by atoms with Gasteiger partial charge in [-0.05, 0) is 94.1 Å². The summed E-state index contributed by atoms with van der Waals surface area (Å²) in [6.07, 6.45) is 11.8. The first kappa shape index (κ1) is 30.6. The van der Waals surface area contributed by atoms with Crippen LogP contribution in [-0.2, 0) is 4.79 Å². The van der Waals surface area contributed by atoms with E-state index in [0.29, 0.717) is 18.1 Å². The Bertz CT molecular complexity index is 1110. The first-order valence-corrected chi connectivity index (χ1v) is 13.5. The molecule has 1 aliphatic rings. The Balaban J connectivity index is 0.00000247. The van der Waals surface area contributed by atoms with Gasteiger partial charge in [0.1, 0.15) is 11.6 Å². The first-order chi connectivity index (χ1) is 18.5. The topological polar surface area (TPSA) is 71.2 Å². The maximum atomic E-state index is 12.4. The third kappa shape index (κ3) is 8.45. The van der Waals surface area contributed by atoms with Crippen LogP contribution in [0.4, 0.5) is 17.1 Å². The molecule has 1 amide bonds. The van der Waals surface area contributed by atoms with Crippen molar-refractivity contribution in [1.29, 1.82) is 0 Å². The van der Waals surface area contributed by atoms with Gasteiger partial charge in [0.2, 0.25) is 6.41 Å². The maximum Gasteiger partial charge on any atom is 0.219 e. The summed E-state index contributed by atoms with van der Waals surface area (Å²) in [5, 5.41) is 0. The summed E-state index contributed by atoms with van der Waals surface area (Å²) >= 11 is 0. The minimum Gasteiger partial charge on any atom is -0.494 e. The number of anilines is 2. The summed E-state index contributed by atoms with van der Waals surface area (Å²) in [6, 6.07) is 13.9. The molecule has 6 heteroatoms. The lowest BCUT2D eigenvalue weighted by molar-refractivity contribution is -0.106. The lowest BCUT2D eigenvalue weighted by Crippen LogP contribution is -2.32. The molecule has 0 atom stereocenters. The van der Waals surface area contributed by atoms with Gasteiger partial charge in [0.05, 0.1) is 18.0 Å². The molecular formula is C32H44N4O2. The van der Waals surface area contributed by atoms with E-state index < -0.39 is 0 Å². The Labute approximate surface area is 229 Å². The molecule has 204 valence electrons. The van der Waals surface area contributed by atoms with Crippen LogP contribution in [-0.4, -0.2) is 39.0 Å². The van der Waals surface area contributed by atoms with Crippen LogP contribution in [0.3, 0.4) is 0 Å². The molecule has 1 fully saturated rings. The molecular weight excluding hydrogens is 472 g/mol.